The largest absolute Gasteiger partial charge is 0.383 e. The molecule has 0 radical (unpaired) electrons. The van der Waals surface area contributed by atoms with Crippen LogP contribution in [0.25, 0.3) is 0 Å². The first kappa shape index (κ1) is 14.1. The van der Waals surface area contributed by atoms with E-state index in [0.717, 1.165) is 25.7 Å². The van der Waals surface area contributed by atoms with Crippen LogP contribution in [0.15, 0.2) is 4.90 Å². The normalized spacial score (nSPS) is 19.2. The van der Waals surface area contributed by atoms with Crippen LogP contribution in [0.3, 0.4) is 0 Å². The lowest BCUT2D eigenvalue weighted by molar-refractivity contribution is 0.205. The molecule has 2 saturated carbocycles. The maximum atomic E-state index is 12.5. The van der Waals surface area contributed by atoms with Gasteiger partial charge < -0.3 is 15.4 Å². The van der Waals surface area contributed by atoms with E-state index < -0.39 is 9.84 Å². The Kier molecular flexibility index (Phi) is 3.64. The van der Waals surface area contributed by atoms with Crippen molar-refractivity contribution in [3.05, 3.63) is 0 Å². The van der Waals surface area contributed by atoms with Gasteiger partial charge in [-0.05, 0) is 37.2 Å². The fourth-order valence-electron chi connectivity index (χ4n) is 2.31. The zero-order valence-electron chi connectivity index (χ0n) is 11.4. The van der Waals surface area contributed by atoms with Crippen molar-refractivity contribution in [1.29, 1.82) is 0 Å². The van der Waals surface area contributed by atoms with E-state index in [1.165, 1.54) is 11.5 Å². The van der Waals surface area contributed by atoms with E-state index in [9.17, 15) is 8.42 Å². The zero-order valence-corrected chi connectivity index (χ0v) is 13.0. The number of ether oxygens (including phenoxy) is 1. The van der Waals surface area contributed by atoms with Crippen LogP contribution in [-0.2, 0) is 14.6 Å². The number of methoxy groups -OCH3 is 1. The molecule has 3 rings (SSSR count). The number of rotatable bonds is 7. The highest BCUT2D eigenvalue weighted by atomic mass is 32.2. The van der Waals surface area contributed by atoms with Gasteiger partial charge in [0.05, 0.1) is 11.9 Å². The second-order valence-electron chi connectivity index (χ2n) is 5.36. The molecule has 0 aromatic carbocycles. The first-order chi connectivity index (χ1) is 9.55. The number of hydrogen-bond acceptors (Lipinski definition) is 7. The summed E-state index contributed by atoms with van der Waals surface area (Å²) in [4.78, 5) is 2.36. The van der Waals surface area contributed by atoms with Crippen molar-refractivity contribution in [1.82, 2.24) is 4.37 Å². The smallest absolute Gasteiger partial charge is 0.187 e. The van der Waals surface area contributed by atoms with E-state index in [0.29, 0.717) is 24.2 Å². The SMILES string of the molecule is COCCN(c1snc(N)c1S(=O)(=O)C1CC1)C1CC1. The van der Waals surface area contributed by atoms with Gasteiger partial charge in [-0.1, -0.05) is 0 Å². The maximum Gasteiger partial charge on any atom is 0.187 e. The van der Waals surface area contributed by atoms with E-state index in [1.54, 1.807) is 7.11 Å². The first-order valence-electron chi connectivity index (χ1n) is 6.80. The summed E-state index contributed by atoms with van der Waals surface area (Å²) in [6.07, 6.45) is 3.64. The summed E-state index contributed by atoms with van der Waals surface area (Å²) in [5.74, 6) is 0.153. The molecular formula is C12H19N3O3S2. The van der Waals surface area contributed by atoms with Gasteiger partial charge in [-0.25, -0.2) is 8.42 Å². The molecule has 20 heavy (non-hydrogen) atoms. The Hall–Kier alpha value is -0.860. The van der Waals surface area contributed by atoms with Crippen LogP contribution in [0.5, 0.6) is 0 Å². The summed E-state index contributed by atoms with van der Waals surface area (Å²) in [6, 6.07) is 0.401. The molecule has 0 atom stereocenters. The molecule has 2 aliphatic rings. The molecule has 2 aliphatic carbocycles. The Balaban J connectivity index is 1.96. The highest BCUT2D eigenvalue weighted by Crippen LogP contribution is 2.45. The molecule has 2 N–H and O–H groups in total. The van der Waals surface area contributed by atoms with Crippen molar-refractivity contribution < 1.29 is 13.2 Å². The van der Waals surface area contributed by atoms with Crippen LogP contribution >= 0.6 is 11.5 Å². The molecule has 112 valence electrons. The molecule has 0 aliphatic heterocycles. The van der Waals surface area contributed by atoms with Gasteiger partial charge in [-0.3, -0.25) is 0 Å². The minimum absolute atomic E-state index is 0.153. The van der Waals surface area contributed by atoms with Crippen molar-refractivity contribution in [2.75, 3.05) is 30.9 Å². The highest BCUT2D eigenvalue weighted by Gasteiger charge is 2.43. The van der Waals surface area contributed by atoms with Crippen molar-refractivity contribution >= 4 is 32.2 Å². The molecule has 0 bridgehead atoms. The minimum atomic E-state index is -3.32. The zero-order chi connectivity index (χ0) is 14.3. The Bertz CT molecular complexity index is 591. The van der Waals surface area contributed by atoms with Gasteiger partial charge in [-0.15, -0.1) is 0 Å². The highest BCUT2D eigenvalue weighted by molar-refractivity contribution is 7.92. The second kappa shape index (κ2) is 5.16. The van der Waals surface area contributed by atoms with E-state index in [2.05, 4.69) is 9.27 Å². The first-order valence-corrected chi connectivity index (χ1v) is 9.12. The molecular weight excluding hydrogens is 298 g/mol. The van der Waals surface area contributed by atoms with Crippen molar-refractivity contribution in [2.24, 2.45) is 0 Å². The van der Waals surface area contributed by atoms with Gasteiger partial charge in [0.25, 0.3) is 0 Å². The van der Waals surface area contributed by atoms with E-state index in [4.69, 9.17) is 10.5 Å². The van der Waals surface area contributed by atoms with Gasteiger partial charge in [-0.2, -0.15) is 4.37 Å². The van der Waals surface area contributed by atoms with Crippen LogP contribution in [0.1, 0.15) is 25.7 Å². The number of nitrogen functional groups attached to an aromatic ring is 1. The molecule has 8 heteroatoms. The lowest BCUT2D eigenvalue weighted by Gasteiger charge is -2.23. The number of anilines is 2. The summed E-state index contributed by atoms with van der Waals surface area (Å²) < 4.78 is 34.3. The molecule has 1 aromatic heterocycles. The minimum Gasteiger partial charge on any atom is -0.383 e. The number of nitrogens with zero attached hydrogens (tertiary/aromatic N) is 2. The fourth-order valence-corrected chi connectivity index (χ4v) is 5.42. The summed E-state index contributed by atoms with van der Waals surface area (Å²) in [7, 11) is -1.67. The van der Waals surface area contributed by atoms with Crippen molar-refractivity contribution in [3.8, 4) is 0 Å². The van der Waals surface area contributed by atoms with Gasteiger partial charge in [0.2, 0.25) is 0 Å². The predicted octanol–water partition coefficient (Wildman–Crippen LogP) is 1.28. The monoisotopic (exact) mass is 317 g/mol. The predicted molar refractivity (Wildman–Crippen MR) is 79.0 cm³/mol. The summed E-state index contributed by atoms with van der Waals surface area (Å²) in [5.41, 5.74) is 5.84. The molecule has 0 spiro atoms. The van der Waals surface area contributed by atoms with Gasteiger partial charge >= 0.3 is 0 Å². The van der Waals surface area contributed by atoms with Gasteiger partial charge in [0.15, 0.2) is 15.7 Å². The van der Waals surface area contributed by atoms with E-state index >= 15 is 0 Å². The fraction of sp³-hybridized carbons (Fsp3) is 0.750. The standard InChI is InChI=1S/C12H19N3O3S2/c1-18-7-6-15(8-2-3-8)12-10(11(13)14-19-12)20(16,17)9-4-5-9/h8-9H,2-7H2,1H3,(H2,13,14). The lowest BCUT2D eigenvalue weighted by atomic mass is 10.4. The second-order valence-corrected chi connectivity index (χ2v) is 8.28. The van der Waals surface area contributed by atoms with E-state index in [1.807, 2.05) is 0 Å². The van der Waals surface area contributed by atoms with Crippen LogP contribution in [0.2, 0.25) is 0 Å². The van der Waals surface area contributed by atoms with Gasteiger partial charge in [0, 0.05) is 19.7 Å². The molecule has 2 fully saturated rings. The molecule has 1 aromatic rings. The average Bonchev–Trinajstić information content (AvgIpc) is 3.26. The third-order valence-electron chi connectivity index (χ3n) is 3.69. The third kappa shape index (κ3) is 2.51. The Morgan fingerprint density at radius 1 is 1.40 bits per heavy atom. The quantitative estimate of drug-likeness (QED) is 0.815. The maximum absolute atomic E-state index is 12.5. The summed E-state index contributed by atoms with van der Waals surface area (Å²) in [5, 5.41) is 0.442. The molecule has 6 nitrogen and oxygen atoms in total. The molecule has 1 heterocycles. The summed E-state index contributed by atoms with van der Waals surface area (Å²) >= 11 is 1.19. The van der Waals surface area contributed by atoms with Crippen molar-refractivity contribution in [3.63, 3.8) is 0 Å². The number of nitrogens with two attached hydrogens (primary N) is 1. The molecule has 0 unspecified atom stereocenters. The van der Waals surface area contributed by atoms with E-state index in [-0.39, 0.29) is 16.0 Å². The van der Waals surface area contributed by atoms with Crippen LogP contribution in [0, 0.1) is 0 Å². The Morgan fingerprint density at radius 3 is 2.65 bits per heavy atom. The topological polar surface area (TPSA) is 85.5 Å². The lowest BCUT2D eigenvalue weighted by Crippen LogP contribution is -2.30. The Labute approximate surface area is 123 Å². The van der Waals surface area contributed by atoms with Crippen molar-refractivity contribution in [2.45, 2.75) is 41.9 Å². The molecule has 0 saturated heterocycles. The van der Waals surface area contributed by atoms with Crippen LogP contribution in [-0.4, -0.2) is 44.3 Å². The van der Waals surface area contributed by atoms with Gasteiger partial charge in [0.1, 0.15) is 9.90 Å². The number of sulfone groups is 1. The van der Waals surface area contributed by atoms with Crippen LogP contribution < -0.4 is 10.6 Å². The number of aromatic nitrogens is 1. The molecule has 0 amide bonds. The van der Waals surface area contributed by atoms with Crippen LogP contribution in [0.4, 0.5) is 10.8 Å². The number of hydrogen-bond donors (Lipinski definition) is 1. The summed E-state index contributed by atoms with van der Waals surface area (Å²) in [6.45, 7) is 1.24. The third-order valence-corrected chi connectivity index (χ3v) is 7.04. The Morgan fingerprint density at radius 2 is 2.10 bits per heavy atom. The average molecular weight is 317 g/mol.